The zero-order valence-corrected chi connectivity index (χ0v) is 11.4. The minimum Gasteiger partial charge on any atom is -0.495 e. The molecule has 0 saturated carbocycles. The van der Waals surface area contributed by atoms with E-state index < -0.39 is 0 Å². The molecular formula is C12H18Cl2N2O. The Kier molecular flexibility index (Phi) is 5.53. The van der Waals surface area contributed by atoms with Crippen molar-refractivity contribution in [2.45, 2.75) is 19.0 Å². The van der Waals surface area contributed by atoms with Crippen molar-refractivity contribution in [3.8, 4) is 5.75 Å². The maximum absolute atomic E-state index is 6.08. The van der Waals surface area contributed by atoms with E-state index in [4.69, 9.17) is 22.1 Å². The minimum atomic E-state index is 0. The molecule has 96 valence electrons. The maximum atomic E-state index is 6.08. The number of nitrogens with two attached hydrogens (primary N) is 1. The summed E-state index contributed by atoms with van der Waals surface area (Å²) >= 11 is 6.08. The van der Waals surface area contributed by atoms with Crippen LogP contribution in [-0.2, 0) is 6.54 Å². The van der Waals surface area contributed by atoms with Crippen LogP contribution in [0.3, 0.4) is 0 Å². The molecule has 1 saturated heterocycles. The maximum Gasteiger partial charge on any atom is 0.137 e. The van der Waals surface area contributed by atoms with Crippen LogP contribution in [0.4, 0.5) is 0 Å². The number of halogens is 2. The van der Waals surface area contributed by atoms with Crippen molar-refractivity contribution in [3.63, 3.8) is 0 Å². The first-order chi connectivity index (χ1) is 7.69. The molecule has 0 amide bonds. The van der Waals surface area contributed by atoms with Gasteiger partial charge >= 0.3 is 0 Å². The molecule has 1 aliphatic rings. The van der Waals surface area contributed by atoms with Gasteiger partial charge in [-0.2, -0.15) is 0 Å². The molecule has 0 bridgehead atoms. The standard InChI is InChI=1S/C12H17ClN2O.ClH/c1-16-12-3-2-9(6-11(12)13)7-15-5-4-10(14)8-15;/h2-3,6,10H,4-5,7-8,14H2,1H3;1H/t10-;/m1./s1. The molecule has 1 heterocycles. The number of hydrogen-bond donors (Lipinski definition) is 1. The average molecular weight is 277 g/mol. The van der Waals surface area contributed by atoms with E-state index in [2.05, 4.69) is 11.0 Å². The lowest BCUT2D eigenvalue weighted by molar-refractivity contribution is 0.326. The third-order valence-corrected chi connectivity index (χ3v) is 3.23. The summed E-state index contributed by atoms with van der Waals surface area (Å²) in [7, 11) is 1.63. The predicted molar refractivity (Wildman–Crippen MR) is 73.1 cm³/mol. The molecule has 17 heavy (non-hydrogen) atoms. The van der Waals surface area contributed by atoms with Gasteiger partial charge in [-0.3, -0.25) is 4.90 Å². The fraction of sp³-hybridized carbons (Fsp3) is 0.500. The lowest BCUT2D eigenvalue weighted by Crippen LogP contribution is -2.26. The summed E-state index contributed by atoms with van der Waals surface area (Å²) in [6.07, 6.45) is 1.09. The van der Waals surface area contributed by atoms with E-state index in [0.717, 1.165) is 31.8 Å². The van der Waals surface area contributed by atoms with Gasteiger partial charge in [0.2, 0.25) is 0 Å². The minimum absolute atomic E-state index is 0. The van der Waals surface area contributed by atoms with Crippen molar-refractivity contribution >= 4 is 24.0 Å². The molecule has 1 aromatic carbocycles. The van der Waals surface area contributed by atoms with Crippen LogP contribution < -0.4 is 10.5 Å². The second-order valence-corrected chi connectivity index (χ2v) is 4.66. The highest BCUT2D eigenvalue weighted by atomic mass is 35.5. The number of hydrogen-bond acceptors (Lipinski definition) is 3. The first-order valence-corrected chi connectivity index (χ1v) is 5.87. The molecule has 1 aromatic rings. The smallest absolute Gasteiger partial charge is 0.137 e. The Morgan fingerprint density at radius 3 is 2.82 bits per heavy atom. The normalized spacial score (nSPS) is 20.1. The van der Waals surface area contributed by atoms with Crippen LogP contribution in [0.5, 0.6) is 5.75 Å². The van der Waals surface area contributed by atoms with Gasteiger partial charge in [-0.05, 0) is 24.1 Å². The largest absolute Gasteiger partial charge is 0.495 e. The molecule has 1 aliphatic heterocycles. The van der Waals surface area contributed by atoms with Gasteiger partial charge in [0.15, 0.2) is 0 Å². The molecule has 1 fully saturated rings. The third-order valence-electron chi connectivity index (χ3n) is 2.93. The molecule has 0 unspecified atom stereocenters. The molecule has 1 atom stereocenters. The quantitative estimate of drug-likeness (QED) is 0.921. The molecule has 0 spiro atoms. The monoisotopic (exact) mass is 276 g/mol. The van der Waals surface area contributed by atoms with Gasteiger partial charge in [0.25, 0.3) is 0 Å². The summed E-state index contributed by atoms with van der Waals surface area (Å²) in [4.78, 5) is 2.35. The molecular weight excluding hydrogens is 259 g/mol. The summed E-state index contributed by atoms with van der Waals surface area (Å²) in [5, 5.41) is 0.670. The molecule has 0 aromatic heterocycles. The Hall–Kier alpha value is -0.480. The van der Waals surface area contributed by atoms with Crippen molar-refractivity contribution in [1.82, 2.24) is 4.90 Å². The summed E-state index contributed by atoms with van der Waals surface area (Å²) in [5.74, 6) is 0.725. The van der Waals surface area contributed by atoms with Crippen LogP contribution in [-0.4, -0.2) is 31.1 Å². The van der Waals surface area contributed by atoms with E-state index in [9.17, 15) is 0 Å². The Bertz CT molecular complexity index is 374. The summed E-state index contributed by atoms with van der Waals surface area (Å²) < 4.78 is 5.12. The summed E-state index contributed by atoms with van der Waals surface area (Å²) in [6, 6.07) is 6.25. The Labute approximate surface area is 113 Å². The van der Waals surface area contributed by atoms with Crippen LogP contribution in [0.15, 0.2) is 18.2 Å². The van der Waals surface area contributed by atoms with Crippen LogP contribution in [0.25, 0.3) is 0 Å². The fourth-order valence-corrected chi connectivity index (χ4v) is 2.35. The van der Waals surface area contributed by atoms with Gasteiger partial charge < -0.3 is 10.5 Å². The van der Waals surface area contributed by atoms with Crippen molar-refractivity contribution in [1.29, 1.82) is 0 Å². The van der Waals surface area contributed by atoms with E-state index in [1.807, 2.05) is 12.1 Å². The van der Waals surface area contributed by atoms with E-state index in [-0.39, 0.29) is 12.4 Å². The number of likely N-dealkylation sites (tertiary alicyclic amines) is 1. The molecule has 0 radical (unpaired) electrons. The van der Waals surface area contributed by atoms with Crippen molar-refractivity contribution in [2.75, 3.05) is 20.2 Å². The van der Waals surface area contributed by atoms with Gasteiger partial charge in [-0.15, -0.1) is 12.4 Å². The van der Waals surface area contributed by atoms with Gasteiger partial charge in [0.1, 0.15) is 5.75 Å². The Morgan fingerprint density at radius 2 is 2.29 bits per heavy atom. The number of benzene rings is 1. The summed E-state index contributed by atoms with van der Waals surface area (Å²) in [6.45, 7) is 2.96. The highest BCUT2D eigenvalue weighted by molar-refractivity contribution is 6.32. The van der Waals surface area contributed by atoms with E-state index >= 15 is 0 Å². The molecule has 0 aliphatic carbocycles. The first-order valence-electron chi connectivity index (χ1n) is 5.49. The van der Waals surface area contributed by atoms with E-state index in [0.29, 0.717) is 11.1 Å². The Balaban J connectivity index is 0.00000144. The topological polar surface area (TPSA) is 38.5 Å². The van der Waals surface area contributed by atoms with Crippen molar-refractivity contribution < 1.29 is 4.74 Å². The van der Waals surface area contributed by atoms with E-state index in [1.54, 1.807) is 7.11 Å². The van der Waals surface area contributed by atoms with Crippen LogP contribution in [0.2, 0.25) is 5.02 Å². The number of rotatable bonds is 3. The molecule has 3 nitrogen and oxygen atoms in total. The fourth-order valence-electron chi connectivity index (χ4n) is 2.07. The molecule has 2 N–H and O–H groups in total. The van der Waals surface area contributed by atoms with Crippen LogP contribution in [0.1, 0.15) is 12.0 Å². The molecule has 2 rings (SSSR count). The van der Waals surface area contributed by atoms with Crippen molar-refractivity contribution in [2.24, 2.45) is 5.73 Å². The highest BCUT2D eigenvalue weighted by Gasteiger charge is 2.18. The highest BCUT2D eigenvalue weighted by Crippen LogP contribution is 2.25. The zero-order chi connectivity index (χ0) is 11.5. The molecule has 5 heteroatoms. The lowest BCUT2D eigenvalue weighted by atomic mass is 10.2. The van der Waals surface area contributed by atoms with Crippen LogP contribution in [0, 0.1) is 0 Å². The second-order valence-electron chi connectivity index (χ2n) is 4.25. The first kappa shape index (κ1) is 14.6. The van der Waals surface area contributed by atoms with Gasteiger partial charge in [-0.25, -0.2) is 0 Å². The lowest BCUT2D eigenvalue weighted by Gasteiger charge is -2.15. The van der Waals surface area contributed by atoms with Gasteiger partial charge in [0.05, 0.1) is 12.1 Å². The predicted octanol–water partition coefficient (Wildman–Crippen LogP) is 2.30. The number of ether oxygens (including phenoxy) is 1. The van der Waals surface area contributed by atoms with E-state index in [1.165, 1.54) is 5.56 Å². The second kappa shape index (κ2) is 6.45. The summed E-state index contributed by atoms with van der Waals surface area (Å²) in [5.41, 5.74) is 7.07. The van der Waals surface area contributed by atoms with Gasteiger partial charge in [0, 0.05) is 25.7 Å². The van der Waals surface area contributed by atoms with Crippen LogP contribution >= 0.6 is 24.0 Å². The Morgan fingerprint density at radius 1 is 1.53 bits per heavy atom. The zero-order valence-electron chi connectivity index (χ0n) is 9.86. The number of methoxy groups -OCH3 is 1. The SMILES string of the molecule is COc1ccc(CN2CC[C@@H](N)C2)cc1Cl.Cl. The van der Waals surface area contributed by atoms with Gasteiger partial charge in [-0.1, -0.05) is 17.7 Å². The average Bonchev–Trinajstić information content (AvgIpc) is 2.64. The third kappa shape index (κ3) is 3.75. The van der Waals surface area contributed by atoms with Crippen molar-refractivity contribution in [3.05, 3.63) is 28.8 Å². The number of nitrogens with zero attached hydrogens (tertiary/aromatic N) is 1.